The number of thiophene rings is 1. The van der Waals surface area contributed by atoms with Crippen molar-refractivity contribution in [1.82, 2.24) is 14.6 Å². The summed E-state index contributed by atoms with van der Waals surface area (Å²) in [6, 6.07) is 0. The molecule has 0 amide bonds. The number of aromatic carboxylic acids is 1. The van der Waals surface area contributed by atoms with Gasteiger partial charge < -0.3 is 5.11 Å². The van der Waals surface area contributed by atoms with Crippen LogP contribution in [0.5, 0.6) is 0 Å². The molecule has 0 bridgehead atoms. The summed E-state index contributed by atoms with van der Waals surface area (Å²) < 4.78 is 39.2. The molecule has 0 atom stereocenters. The van der Waals surface area contributed by atoms with Gasteiger partial charge in [-0.3, -0.25) is 0 Å². The van der Waals surface area contributed by atoms with E-state index in [9.17, 15) is 23.1 Å². The number of carbonyl (C=O) groups is 1. The van der Waals surface area contributed by atoms with E-state index in [2.05, 4.69) is 10.1 Å². The van der Waals surface area contributed by atoms with E-state index in [0.29, 0.717) is 16.7 Å². The molecule has 0 aliphatic heterocycles. The first-order chi connectivity index (χ1) is 10.7. The van der Waals surface area contributed by atoms with Crippen LogP contribution in [0.25, 0.3) is 16.8 Å². The van der Waals surface area contributed by atoms with Crippen LogP contribution < -0.4 is 0 Å². The van der Waals surface area contributed by atoms with Crippen LogP contribution in [0, 0.1) is 13.8 Å². The van der Waals surface area contributed by atoms with Crippen LogP contribution in [0.2, 0.25) is 0 Å². The molecule has 3 aromatic rings. The van der Waals surface area contributed by atoms with Gasteiger partial charge in [-0.15, -0.1) is 11.3 Å². The standard InChI is InChI=1S/C14H10F3N3O2S/c1-6-10(7(2)23-11(6)13(21)22)9-4-19-20-5-8(14(15,16)17)3-18-12(9)20/h3-5H,1-2H3,(H,21,22). The van der Waals surface area contributed by atoms with Gasteiger partial charge in [0.15, 0.2) is 5.65 Å². The summed E-state index contributed by atoms with van der Waals surface area (Å²) >= 11 is 1.12. The predicted octanol–water partition coefficient (Wildman–Crippen LogP) is 3.79. The number of rotatable bonds is 2. The Morgan fingerprint density at radius 3 is 2.57 bits per heavy atom. The minimum atomic E-state index is -4.50. The van der Waals surface area contributed by atoms with Crippen molar-refractivity contribution in [3.8, 4) is 11.1 Å². The Morgan fingerprint density at radius 2 is 2.00 bits per heavy atom. The lowest BCUT2D eigenvalue weighted by atomic mass is 10.0. The van der Waals surface area contributed by atoms with E-state index in [4.69, 9.17) is 0 Å². The van der Waals surface area contributed by atoms with E-state index in [1.54, 1.807) is 13.8 Å². The highest BCUT2D eigenvalue weighted by atomic mass is 32.1. The Kier molecular flexibility index (Phi) is 3.40. The number of carboxylic acids is 1. The van der Waals surface area contributed by atoms with Crippen LogP contribution in [-0.4, -0.2) is 25.7 Å². The predicted molar refractivity (Wildman–Crippen MR) is 77.7 cm³/mol. The molecule has 0 unspecified atom stereocenters. The molecule has 0 radical (unpaired) electrons. The van der Waals surface area contributed by atoms with Gasteiger partial charge in [-0.05, 0) is 19.4 Å². The topological polar surface area (TPSA) is 67.5 Å². The molecule has 0 aliphatic rings. The van der Waals surface area contributed by atoms with Crippen LogP contribution in [-0.2, 0) is 6.18 Å². The average Bonchev–Trinajstić information content (AvgIpc) is 2.98. The second-order valence-corrected chi connectivity index (χ2v) is 6.18. The Balaban J connectivity index is 2.21. The van der Waals surface area contributed by atoms with Crippen molar-refractivity contribution in [2.75, 3.05) is 0 Å². The number of alkyl halides is 3. The summed E-state index contributed by atoms with van der Waals surface area (Å²) in [4.78, 5) is 16.0. The van der Waals surface area contributed by atoms with Crippen molar-refractivity contribution in [3.05, 3.63) is 39.5 Å². The second-order valence-electron chi connectivity index (χ2n) is 4.96. The molecule has 1 N–H and O–H groups in total. The average molecular weight is 341 g/mol. The SMILES string of the molecule is Cc1sc(C(=O)O)c(C)c1-c1cnn2cc(C(F)(F)F)cnc12. The van der Waals surface area contributed by atoms with E-state index in [1.807, 2.05) is 0 Å². The molecule has 3 aromatic heterocycles. The van der Waals surface area contributed by atoms with Gasteiger partial charge in [-0.1, -0.05) is 0 Å². The number of aromatic nitrogens is 3. The summed E-state index contributed by atoms with van der Waals surface area (Å²) in [5, 5.41) is 13.1. The minimum absolute atomic E-state index is 0.198. The molecular weight excluding hydrogens is 331 g/mol. The van der Waals surface area contributed by atoms with Crippen LogP contribution in [0.4, 0.5) is 13.2 Å². The van der Waals surface area contributed by atoms with Gasteiger partial charge in [0, 0.05) is 28.4 Å². The molecule has 5 nitrogen and oxygen atoms in total. The fourth-order valence-electron chi connectivity index (χ4n) is 2.45. The van der Waals surface area contributed by atoms with E-state index in [-0.39, 0.29) is 10.5 Å². The van der Waals surface area contributed by atoms with Crippen molar-refractivity contribution in [2.45, 2.75) is 20.0 Å². The molecular formula is C14H10F3N3O2S. The first-order valence-electron chi connectivity index (χ1n) is 6.44. The van der Waals surface area contributed by atoms with Crippen LogP contribution in [0.3, 0.4) is 0 Å². The van der Waals surface area contributed by atoms with Crippen molar-refractivity contribution in [2.24, 2.45) is 0 Å². The summed E-state index contributed by atoms with van der Waals surface area (Å²) in [6.07, 6.45) is -1.50. The van der Waals surface area contributed by atoms with Gasteiger partial charge in [0.05, 0.1) is 11.8 Å². The smallest absolute Gasteiger partial charge is 0.419 e. The van der Waals surface area contributed by atoms with Crippen molar-refractivity contribution >= 4 is 23.0 Å². The van der Waals surface area contributed by atoms with Crippen molar-refractivity contribution in [1.29, 1.82) is 0 Å². The van der Waals surface area contributed by atoms with Crippen molar-refractivity contribution in [3.63, 3.8) is 0 Å². The zero-order chi connectivity index (χ0) is 16.9. The van der Waals surface area contributed by atoms with Gasteiger partial charge in [0.2, 0.25) is 0 Å². The molecule has 9 heteroatoms. The van der Waals surface area contributed by atoms with Crippen molar-refractivity contribution < 1.29 is 23.1 Å². The lowest BCUT2D eigenvalue weighted by Gasteiger charge is -2.06. The number of fused-ring (bicyclic) bond motifs is 1. The van der Waals surface area contributed by atoms with E-state index in [0.717, 1.165) is 33.1 Å². The Morgan fingerprint density at radius 1 is 1.30 bits per heavy atom. The number of hydrogen-bond donors (Lipinski definition) is 1. The summed E-state index contributed by atoms with van der Waals surface area (Å²) in [5.41, 5.74) is 1.06. The van der Waals surface area contributed by atoms with Gasteiger partial charge in [-0.2, -0.15) is 18.3 Å². The number of nitrogens with zero attached hydrogens (tertiary/aromatic N) is 3. The number of aryl methyl sites for hydroxylation is 1. The first kappa shape index (κ1) is 15.5. The lowest BCUT2D eigenvalue weighted by molar-refractivity contribution is -0.138. The fourth-order valence-corrected chi connectivity index (χ4v) is 3.47. The molecule has 3 rings (SSSR count). The maximum Gasteiger partial charge on any atom is 0.419 e. The van der Waals surface area contributed by atoms with E-state index < -0.39 is 17.7 Å². The highest BCUT2D eigenvalue weighted by Crippen LogP contribution is 2.38. The molecule has 23 heavy (non-hydrogen) atoms. The number of carboxylic acid groups (broad SMARTS) is 1. The third-order valence-electron chi connectivity index (χ3n) is 3.47. The maximum atomic E-state index is 12.7. The minimum Gasteiger partial charge on any atom is -0.477 e. The Hall–Kier alpha value is -2.42. The molecule has 0 spiro atoms. The van der Waals surface area contributed by atoms with Gasteiger partial charge in [-0.25, -0.2) is 14.3 Å². The quantitative estimate of drug-likeness (QED) is 0.770. The zero-order valence-electron chi connectivity index (χ0n) is 12.0. The maximum absolute atomic E-state index is 12.7. The van der Waals surface area contributed by atoms with Gasteiger partial charge in [0.25, 0.3) is 0 Å². The van der Waals surface area contributed by atoms with Crippen LogP contribution in [0.1, 0.15) is 25.7 Å². The third-order valence-corrected chi connectivity index (χ3v) is 4.67. The molecule has 0 aromatic carbocycles. The fraction of sp³-hybridized carbons (Fsp3) is 0.214. The van der Waals surface area contributed by atoms with Gasteiger partial charge >= 0.3 is 12.1 Å². The van der Waals surface area contributed by atoms with Gasteiger partial charge in [0.1, 0.15) is 4.88 Å². The largest absolute Gasteiger partial charge is 0.477 e. The molecule has 0 aliphatic carbocycles. The normalized spacial score (nSPS) is 12.0. The molecule has 0 fully saturated rings. The first-order valence-corrected chi connectivity index (χ1v) is 7.26. The van der Waals surface area contributed by atoms with Crippen LogP contribution in [0.15, 0.2) is 18.6 Å². The third kappa shape index (κ3) is 2.46. The summed E-state index contributed by atoms with van der Waals surface area (Å²) in [6.45, 7) is 3.42. The molecule has 0 saturated carbocycles. The highest BCUT2D eigenvalue weighted by Gasteiger charge is 2.32. The van der Waals surface area contributed by atoms with E-state index in [1.165, 1.54) is 6.20 Å². The molecule has 0 saturated heterocycles. The Labute approximate surface area is 132 Å². The van der Waals surface area contributed by atoms with E-state index >= 15 is 0 Å². The molecule has 120 valence electrons. The summed E-state index contributed by atoms with van der Waals surface area (Å²) in [5.74, 6) is -1.04. The second kappa shape index (κ2) is 5.05. The lowest BCUT2D eigenvalue weighted by Crippen LogP contribution is -2.07. The Bertz CT molecular complexity index is 927. The highest BCUT2D eigenvalue weighted by molar-refractivity contribution is 7.14. The number of halogens is 3. The summed E-state index contributed by atoms with van der Waals surface area (Å²) in [7, 11) is 0. The van der Waals surface area contributed by atoms with Crippen LogP contribution >= 0.6 is 11.3 Å². The molecule has 3 heterocycles. The zero-order valence-corrected chi connectivity index (χ0v) is 12.8. The monoisotopic (exact) mass is 341 g/mol. The number of hydrogen-bond acceptors (Lipinski definition) is 4.